The Bertz CT molecular complexity index is 714. The van der Waals surface area contributed by atoms with E-state index in [9.17, 15) is 0 Å². The van der Waals surface area contributed by atoms with Gasteiger partial charge >= 0.3 is 0 Å². The van der Waals surface area contributed by atoms with E-state index in [2.05, 4.69) is 32.8 Å². The molecule has 1 aromatic carbocycles. The van der Waals surface area contributed by atoms with Gasteiger partial charge in [0.15, 0.2) is 11.6 Å². The number of hydrogen-bond donors (Lipinski definition) is 2. The zero-order valence-corrected chi connectivity index (χ0v) is 11.4. The van der Waals surface area contributed by atoms with Gasteiger partial charge in [0.2, 0.25) is 0 Å². The number of benzene rings is 1. The molecule has 0 aliphatic rings. The molecule has 0 bridgehead atoms. The molecule has 2 aromatic heterocycles. The van der Waals surface area contributed by atoms with Gasteiger partial charge in [-0.25, -0.2) is 4.98 Å². The molecular weight excluding hydrogens is 294 g/mol. The zero-order valence-electron chi connectivity index (χ0n) is 9.83. The summed E-state index contributed by atoms with van der Waals surface area (Å²) in [7, 11) is 0. The van der Waals surface area contributed by atoms with E-state index in [1.165, 1.54) is 0 Å². The monoisotopic (exact) mass is 305 g/mol. The number of furan rings is 1. The first kappa shape index (κ1) is 11.3. The van der Waals surface area contributed by atoms with Crippen LogP contribution in [0.2, 0.25) is 0 Å². The zero-order chi connectivity index (χ0) is 12.7. The second-order valence-corrected chi connectivity index (χ2v) is 5.01. The first-order chi connectivity index (χ1) is 8.67. The highest BCUT2D eigenvalue weighted by Gasteiger charge is 2.11. The number of hydrogen-bond acceptors (Lipinski definition) is 3. The van der Waals surface area contributed by atoms with Crippen molar-refractivity contribution < 1.29 is 4.42 Å². The Morgan fingerprint density at radius 1 is 1.39 bits per heavy atom. The van der Waals surface area contributed by atoms with E-state index in [0.717, 1.165) is 33.4 Å². The lowest BCUT2D eigenvalue weighted by atomic mass is 10.3. The number of nitrogens with one attached hydrogen (secondary N) is 1. The van der Waals surface area contributed by atoms with Crippen LogP contribution >= 0.6 is 15.9 Å². The van der Waals surface area contributed by atoms with E-state index in [1.54, 1.807) is 0 Å². The Balaban J connectivity index is 2.16. The second-order valence-electron chi connectivity index (χ2n) is 4.10. The predicted molar refractivity (Wildman–Crippen MR) is 75.3 cm³/mol. The molecule has 0 atom stereocenters. The predicted octanol–water partition coefficient (Wildman–Crippen LogP) is 3.73. The van der Waals surface area contributed by atoms with Crippen molar-refractivity contribution >= 4 is 32.7 Å². The molecule has 5 heteroatoms. The Morgan fingerprint density at radius 2 is 2.22 bits per heavy atom. The van der Waals surface area contributed by atoms with E-state index in [0.29, 0.717) is 11.5 Å². The van der Waals surface area contributed by atoms with Gasteiger partial charge in [-0.15, -0.1) is 0 Å². The minimum atomic E-state index is 0.643. The molecule has 4 nitrogen and oxygen atoms in total. The smallest absolute Gasteiger partial charge is 0.174 e. The highest BCUT2D eigenvalue weighted by molar-refractivity contribution is 9.10. The van der Waals surface area contributed by atoms with Gasteiger partial charge < -0.3 is 15.1 Å². The third kappa shape index (κ3) is 1.80. The van der Waals surface area contributed by atoms with Crippen molar-refractivity contribution in [2.24, 2.45) is 0 Å². The van der Waals surface area contributed by atoms with Gasteiger partial charge in [0.25, 0.3) is 0 Å². The molecule has 0 radical (unpaired) electrons. The van der Waals surface area contributed by atoms with Crippen LogP contribution in [0.5, 0.6) is 0 Å². The van der Waals surface area contributed by atoms with E-state index in [1.807, 2.05) is 24.3 Å². The average Bonchev–Trinajstić information content (AvgIpc) is 2.93. The molecule has 3 rings (SSSR count). The maximum atomic E-state index is 5.94. The summed E-state index contributed by atoms with van der Waals surface area (Å²) < 4.78 is 6.60. The topological polar surface area (TPSA) is 67.8 Å². The van der Waals surface area contributed by atoms with Crippen LogP contribution in [0.15, 0.2) is 33.2 Å². The lowest BCUT2D eigenvalue weighted by Gasteiger charge is -1.94. The molecule has 3 aromatic rings. The Hall–Kier alpha value is -1.75. The number of aryl methyl sites for hydroxylation is 1. The fourth-order valence-corrected chi connectivity index (χ4v) is 2.40. The number of H-pyrrole nitrogens is 1. The van der Waals surface area contributed by atoms with Crippen LogP contribution in [0.1, 0.15) is 12.7 Å². The van der Waals surface area contributed by atoms with Gasteiger partial charge in [-0.3, -0.25) is 0 Å². The Kier molecular flexibility index (Phi) is 2.63. The van der Waals surface area contributed by atoms with E-state index in [-0.39, 0.29) is 0 Å². The number of nitrogens with zero attached hydrogens (tertiary/aromatic N) is 1. The first-order valence-corrected chi connectivity index (χ1v) is 6.50. The van der Waals surface area contributed by atoms with Crippen molar-refractivity contribution in [2.45, 2.75) is 13.3 Å². The lowest BCUT2D eigenvalue weighted by molar-refractivity contribution is 0.526. The van der Waals surface area contributed by atoms with Crippen molar-refractivity contribution in [1.29, 1.82) is 0 Å². The van der Waals surface area contributed by atoms with Gasteiger partial charge in [0.05, 0.1) is 11.2 Å². The van der Waals surface area contributed by atoms with E-state index in [4.69, 9.17) is 10.2 Å². The van der Waals surface area contributed by atoms with Gasteiger partial charge in [-0.1, -0.05) is 22.9 Å². The molecule has 0 saturated carbocycles. The van der Waals surface area contributed by atoms with Crippen LogP contribution in [0, 0.1) is 0 Å². The van der Waals surface area contributed by atoms with Crippen LogP contribution < -0.4 is 5.73 Å². The molecule has 0 aliphatic heterocycles. The molecule has 0 saturated heterocycles. The molecule has 92 valence electrons. The van der Waals surface area contributed by atoms with E-state index < -0.39 is 0 Å². The first-order valence-electron chi connectivity index (χ1n) is 5.71. The van der Waals surface area contributed by atoms with Crippen molar-refractivity contribution in [1.82, 2.24) is 9.97 Å². The summed E-state index contributed by atoms with van der Waals surface area (Å²) in [4.78, 5) is 7.69. The molecule has 3 N–H and O–H groups in total. The Morgan fingerprint density at radius 3 is 2.94 bits per heavy atom. The quantitative estimate of drug-likeness (QED) is 0.709. The SMILES string of the molecule is CCc1ccc(-c2nc3c(N)cc(Br)cc3[nH]2)o1. The van der Waals surface area contributed by atoms with Crippen LogP contribution in [-0.2, 0) is 6.42 Å². The molecule has 18 heavy (non-hydrogen) atoms. The molecule has 2 heterocycles. The van der Waals surface area contributed by atoms with E-state index >= 15 is 0 Å². The molecule has 0 fully saturated rings. The largest absolute Gasteiger partial charge is 0.458 e. The highest BCUT2D eigenvalue weighted by atomic mass is 79.9. The van der Waals surface area contributed by atoms with Crippen molar-refractivity contribution in [2.75, 3.05) is 5.73 Å². The number of aromatic amines is 1. The molecular formula is C13H12BrN3O. The highest BCUT2D eigenvalue weighted by Crippen LogP contribution is 2.28. The third-order valence-corrected chi connectivity index (χ3v) is 3.28. The van der Waals surface area contributed by atoms with Crippen LogP contribution in [0.25, 0.3) is 22.6 Å². The minimum Gasteiger partial charge on any atom is -0.458 e. The Labute approximate surface area is 112 Å². The summed E-state index contributed by atoms with van der Waals surface area (Å²) in [5, 5.41) is 0. The van der Waals surface area contributed by atoms with Crippen LogP contribution in [0.3, 0.4) is 0 Å². The van der Waals surface area contributed by atoms with Gasteiger partial charge in [0, 0.05) is 10.9 Å². The molecule has 0 spiro atoms. The van der Waals surface area contributed by atoms with Crippen molar-refractivity contribution in [3.05, 3.63) is 34.5 Å². The summed E-state index contributed by atoms with van der Waals surface area (Å²) in [5.74, 6) is 2.38. The van der Waals surface area contributed by atoms with Gasteiger partial charge in [-0.05, 0) is 24.3 Å². The number of anilines is 1. The number of imidazole rings is 1. The standard InChI is InChI=1S/C13H12BrN3O/c1-2-8-3-4-11(18-8)13-16-10-6-7(14)5-9(15)12(10)17-13/h3-6H,2,15H2,1H3,(H,16,17). The lowest BCUT2D eigenvalue weighted by Crippen LogP contribution is -1.86. The summed E-state index contributed by atoms with van der Waals surface area (Å²) in [6, 6.07) is 7.67. The maximum absolute atomic E-state index is 5.94. The van der Waals surface area contributed by atoms with Crippen molar-refractivity contribution in [3.8, 4) is 11.6 Å². The van der Waals surface area contributed by atoms with Crippen LogP contribution in [0.4, 0.5) is 5.69 Å². The number of aromatic nitrogens is 2. The van der Waals surface area contributed by atoms with Crippen LogP contribution in [-0.4, -0.2) is 9.97 Å². The average molecular weight is 306 g/mol. The summed E-state index contributed by atoms with van der Waals surface area (Å²) in [6.07, 6.45) is 0.869. The number of fused-ring (bicyclic) bond motifs is 1. The molecule has 0 unspecified atom stereocenters. The number of nitrogen functional groups attached to an aromatic ring is 1. The number of halogens is 1. The normalized spacial score (nSPS) is 11.2. The number of rotatable bonds is 2. The minimum absolute atomic E-state index is 0.643. The fourth-order valence-electron chi connectivity index (χ4n) is 1.92. The second kappa shape index (κ2) is 4.17. The number of nitrogens with two attached hydrogens (primary N) is 1. The van der Waals surface area contributed by atoms with Gasteiger partial charge in [-0.2, -0.15) is 0 Å². The fraction of sp³-hybridized carbons (Fsp3) is 0.154. The maximum Gasteiger partial charge on any atom is 0.174 e. The van der Waals surface area contributed by atoms with Crippen molar-refractivity contribution in [3.63, 3.8) is 0 Å². The summed E-state index contributed by atoms with van der Waals surface area (Å²) in [6.45, 7) is 2.05. The van der Waals surface area contributed by atoms with Gasteiger partial charge in [0.1, 0.15) is 11.3 Å². The third-order valence-electron chi connectivity index (χ3n) is 2.82. The molecule has 0 aliphatic carbocycles. The summed E-state index contributed by atoms with van der Waals surface area (Å²) >= 11 is 3.41. The molecule has 0 amide bonds. The summed E-state index contributed by atoms with van der Waals surface area (Å²) in [5.41, 5.74) is 8.24.